The van der Waals surface area contributed by atoms with E-state index in [0.717, 1.165) is 16.7 Å². The van der Waals surface area contributed by atoms with Gasteiger partial charge in [-0.25, -0.2) is 8.78 Å². The van der Waals surface area contributed by atoms with E-state index >= 15 is 0 Å². The van der Waals surface area contributed by atoms with Gasteiger partial charge in [0.2, 0.25) is 0 Å². The van der Waals surface area contributed by atoms with Gasteiger partial charge in [-0.3, -0.25) is 14.5 Å². The first-order valence-electron chi connectivity index (χ1n) is 7.00. The van der Waals surface area contributed by atoms with Crippen molar-refractivity contribution >= 4 is 56.5 Å². The van der Waals surface area contributed by atoms with Gasteiger partial charge in [0.05, 0.1) is 15.9 Å². The summed E-state index contributed by atoms with van der Waals surface area (Å²) in [6.45, 7) is -0.249. The first-order chi connectivity index (χ1) is 11.9. The fourth-order valence-corrected chi connectivity index (χ4v) is 3.69. The summed E-state index contributed by atoms with van der Waals surface area (Å²) < 4.78 is 27.4. The molecule has 3 nitrogen and oxygen atoms in total. The van der Waals surface area contributed by atoms with Gasteiger partial charge in [-0.1, -0.05) is 23.7 Å². The van der Waals surface area contributed by atoms with E-state index in [9.17, 15) is 18.4 Å². The van der Waals surface area contributed by atoms with E-state index in [1.807, 2.05) is 0 Å². The van der Waals surface area contributed by atoms with Crippen LogP contribution in [0.25, 0.3) is 6.08 Å². The molecule has 0 unspecified atom stereocenters. The van der Waals surface area contributed by atoms with Crippen molar-refractivity contribution in [1.82, 2.24) is 4.90 Å². The molecule has 1 fully saturated rings. The first kappa shape index (κ1) is 18.1. The van der Waals surface area contributed by atoms with E-state index in [1.165, 1.54) is 42.5 Å². The summed E-state index contributed by atoms with van der Waals surface area (Å²) in [4.78, 5) is 25.7. The van der Waals surface area contributed by atoms with Crippen LogP contribution >= 0.6 is 39.3 Å². The Kier molecular flexibility index (Phi) is 5.27. The lowest BCUT2D eigenvalue weighted by Crippen LogP contribution is -2.28. The number of imide groups is 1. The van der Waals surface area contributed by atoms with E-state index in [2.05, 4.69) is 15.9 Å². The fourth-order valence-electron chi connectivity index (χ4n) is 2.23. The molecule has 8 heteroatoms. The third-order valence-electron chi connectivity index (χ3n) is 3.49. The van der Waals surface area contributed by atoms with Crippen LogP contribution in [0.4, 0.5) is 13.6 Å². The van der Waals surface area contributed by atoms with Gasteiger partial charge in [0.25, 0.3) is 11.1 Å². The largest absolute Gasteiger partial charge is 0.293 e. The molecule has 2 aromatic rings. The molecule has 1 heterocycles. The molecule has 0 saturated carbocycles. The Morgan fingerprint density at radius 1 is 1.16 bits per heavy atom. The van der Waals surface area contributed by atoms with Crippen molar-refractivity contribution in [3.8, 4) is 0 Å². The van der Waals surface area contributed by atoms with E-state index in [0.29, 0.717) is 5.56 Å². The van der Waals surface area contributed by atoms with Gasteiger partial charge < -0.3 is 0 Å². The number of benzene rings is 2. The van der Waals surface area contributed by atoms with Crippen LogP contribution in [0.3, 0.4) is 0 Å². The van der Waals surface area contributed by atoms with Crippen LogP contribution in [-0.2, 0) is 11.3 Å². The zero-order chi connectivity index (χ0) is 18.1. The molecule has 128 valence electrons. The van der Waals surface area contributed by atoms with Crippen molar-refractivity contribution in [2.45, 2.75) is 6.54 Å². The molecule has 0 aromatic heterocycles. The van der Waals surface area contributed by atoms with E-state index in [-0.39, 0.29) is 26.5 Å². The van der Waals surface area contributed by atoms with E-state index in [4.69, 9.17) is 11.6 Å². The minimum absolute atomic E-state index is 0.0808. The van der Waals surface area contributed by atoms with Crippen molar-refractivity contribution in [3.05, 3.63) is 73.6 Å². The molecule has 0 N–H and O–H groups in total. The predicted molar refractivity (Wildman–Crippen MR) is 97.0 cm³/mol. The van der Waals surface area contributed by atoms with Crippen LogP contribution in [0.2, 0.25) is 5.02 Å². The van der Waals surface area contributed by atoms with Crippen LogP contribution in [0.5, 0.6) is 0 Å². The van der Waals surface area contributed by atoms with Crippen molar-refractivity contribution in [2.24, 2.45) is 0 Å². The average molecular weight is 445 g/mol. The van der Waals surface area contributed by atoms with E-state index < -0.39 is 22.8 Å². The summed E-state index contributed by atoms with van der Waals surface area (Å²) in [5, 5.41) is -0.373. The molecular formula is C17H9BrClF2NO2S. The summed E-state index contributed by atoms with van der Waals surface area (Å²) >= 11 is 9.76. The first-order valence-corrected chi connectivity index (χ1v) is 8.99. The third kappa shape index (κ3) is 3.78. The van der Waals surface area contributed by atoms with Crippen LogP contribution in [0.1, 0.15) is 11.1 Å². The summed E-state index contributed by atoms with van der Waals surface area (Å²) in [5.41, 5.74) is 0.639. The van der Waals surface area contributed by atoms with Crippen LogP contribution in [-0.4, -0.2) is 16.0 Å². The monoisotopic (exact) mass is 443 g/mol. The highest BCUT2D eigenvalue weighted by Crippen LogP contribution is 2.35. The number of halogens is 4. The quantitative estimate of drug-likeness (QED) is 0.577. The number of thioether (sulfide) groups is 1. The number of nitrogens with zero attached hydrogens (tertiary/aromatic N) is 1. The second kappa shape index (κ2) is 7.27. The topological polar surface area (TPSA) is 37.4 Å². The Morgan fingerprint density at radius 2 is 1.92 bits per heavy atom. The zero-order valence-electron chi connectivity index (χ0n) is 12.4. The molecule has 1 aliphatic rings. The molecule has 2 aromatic carbocycles. The summed E-state index contributed by atoms with van der Waals surface area (Å²) in [7, 11) is 0. The zero-order valence-corrected chi connectivity index (χ0v) is 15.6. The van der Waals surface area contributed by atoms with Gasteiger partial charge in [0.15, 0.2) is 0 Å². The number of hydrogen-bond donors (Lipinski definition) is 0. The number of carbonyl (C=O) groups excluding carboxylic acids is 2. The van der Waals surface area contributed by atoms with Gasteiger partial charge >= 0.3 is 0 Å². The minimum atomic E-state index is -0.585. The van der Waals surface area contributed by atoms with Crippen molar-refractivity contribution in [1.29, 1.82) is 0 Å². The molecular weight excluding hydrogens is 436 g/mol. The molecule has 0 aliphatic carbocycles. The Balaban J connectivity index is 1.87. The Hall–Kier alpha value is -1.70. The highest BCUT2D eigenvalue weighted by Gasteiger charge is 2.35. The maximum Gasteiger partial charge on any atom is 0.293 e. The molecule has 0 atom stereocenters. The lowest BCUT2D eigenvalue weighted by molar-refractivity contribution is -0.123. The van der Waals surface area contributed by atoms with Crippen molar-refractivity contribution in [3.63, 3.8) is 0 Å². The van der Waals surface area contributed by atoms with Crippen molar-refractivity contribution in [2.75, 3.05) is 0 Å². The summed E-state index contributed by atoms with van der Waals surface area (Å²) in [6.07, 6.45) is 1.48. The second-order valence-electron chi connectivity index (χ2n) is 5.14. The molecule has 1 aliphatic heterocycles. The SMILES string of the molecule is O=C1S/C(=C\c2ccc(F)c(Br)c2)C(=O)N1Cc1c(F)cccc1Cl. The highest BCUT2D eigenvalue weighted by atomic mass is 79.9. The van der Waals surface area contributed by atoms with Gasteiger partial charge in [-0.15, -0.1) is 0 Å². The van der Waals surface area contributed by atoms with E-state index in [1.54, 1.807) is 0 Å². The number of rotatable bonds is 3. The third-order valence-corrected chi connectivity index (χ3v) is 5.36. The molecule has 0 bridgehead atoms. The van der Waals surface area contributed by atoms with Gasteiger partial charge in [0, 0.05) is 10.6 Å². The minimum Gasteiger partial charge on any atom is -0.268 e. The van der Waals surface area contributed by atoms with Crippen molar-refractivity contribution < 1.29 is 18.4 Å². The predicted octanol–water partition coefficient (Wildman–Crippen LogP) is 5.62. The summed E-state index contributed by atoms with van der Waals surface area (Å²) in [5.74, 6) is -1.56. The highest BCUT2D eigenvalue weighted by molar-refractivity contribution is 9.10. The molecule has 2 amide bonds. The maximum atomic E-state index is 13.9. The molecule has 3 rings (SSSR count). The average Bonchev–Trinajstić information content (AvgIpc) is 2.81. The molecule has 0 spiro atoms. The normalized spacial score (nSPS) is 16.2. The van der Waals surface area contributed by atoms with Gasteiger partial charge in [-0.05, 0) is 63.6 Å². The second-order valence-corrected chi connectivity index (χ2v) is 7.40. The summed E-state index contributed by atoms with van der Waals surface area (Å²) in [6, 6.07) is 8.39. The van der Waals surface area contributed by atoms with Crippen LogP contribution in [0.15, 0.2) is 45.8 Å². The standard InChI is InChI=1S/C17H9BrClF2NO2S/c18-11-6-9(4-5-14(11)21)7-15-16(23)22(17(24)25-15)8-10-12(19)2-1-3-13(10)20/h1-7H,8H2/b15-7-. The smallest absolute Gasteiger partial charge is 0.268 e. The number of amides is 2. The Morgan fingerprint density at radius 3 is 2.60 bits per heavy atom. The molecule has 25 heavy (non-hydrogen) atoms. The molecule has 1 saturated heterocycles. The molecule has 0 radical (unpaired) electrons. The lowest BCUT2D eigenvalue weighted by Gasteiger charge is -2.14. The Labute approximate surface area is 159 Å². The lowest BCUT2D eigenvalue weighted by atomic mass is 10.2. The van der Waals surface area contributed by atoms with Crippen LogP contribution < -0.4 is 0 Å². The van der Waals surface area contributed by atoms with Gasteiger partial charge in [0.1, 0.15) is 11.6 Å². The van der Waals surface area contributed by atoms with Crippen LogP contribution in [0, 0.1) is 11.6 Å². The fraction of sp³-hybridized carbons (Fsp3) is 0.0588. The number of hydrogen-bond acceptors (Lipinski definition) is 3. The maximum absolute atomic E-state index is 13.9. The van der Waals surface area contributed by atoms with Gasteiger partial charge in [-0.2, -0.15) is 0 Å². The number of carbonyl (C=O) groups is 2. The Bertz CT molecular complexity index is 899.